The summed E-state index contributed by atoms with van der Waals surface area (Å²) in [6.45, 7) is 3.18. The fourth-order valence-corrected chi connectivity index (χ4v) is 3.21. The molecule has 0 fully saturated rings. The first-order valence-electron chi connectivity index (χ1n) is 8.84. The molecule has 0 unspecified atom stereocenters. The van der Waals surface area contributed by atoms with E-state index in [0.717, 1.165) is 11.3 Å². The highest BCUT2D eigenvalue weighted by Gasteiger charge is 2.14. The molecule has 1 aromatic heterocycles. The Morgan fingerprint density at radius 3 is 2.67 bits per heavy atom. The molecule has 0 saturated heterocycles. The Morgan fingerprint density at radius 2 is 2.00 bits per heavy atom. The van der Waals surface area contributed by atoms with E-state index in [0.29, 0.717) is 37.9 Å². The van der Waals surface area contributed by atoms with E-state index < -0.39 is 10.0 Å². The van der Waals surface area contributed by atoms with Crippen molar-refractivity contribution < 1.29 is 12.8 Å². The standard InChI is InChI=1S/C18H27N5O3S/c1-4-27(24,25)23(3)12-8-11-20-18(19-2)21-13-16-14-26-17(22-16)15-9-6-5-7-10-15/h5-7,9-10,14H,4,8,11-13H2,1-3H3,(H2,19,20,21). The Kier molecular flexibility index (Phi) is 7.81. The van der Waals surface area contributed by atoms with Crippen LogP contribution in [0.4, 0.5) is 0 Å². The number of hydrogen-bond donors (Lipinski definition) is 2. The van der Waals surface area contributed by atoms with Gasteiger partial charge in [-0.3, -0.25) is 4.99 Å². The molecule has 27 heavy (non-hydrogen) atoms. The Bertz CT molecular complexity index is 834. The largest absolute Gasteiger partial charge is 0.444 e. The van der Waals surface area contributed by atoms with Gasteiger partial charge in [0, 0.05) is 32.7 Å². The van der Waals surface area contributed by atoms with Crippen molar-refractivity contribution in [3.05, 3.63) is 42.3 Å². The van der Waals surface area contributed by atoms with Crippen molar-refractivity contribution in [2.24, 2.45) is 4.99 Å². The van der Waals surface area contributed by atoms with E-state index in [4.69, 9.17) is 4.42 Å². The van der Waals surface area contributed by atoms with Gasteiger partial charge in [0.2, 0.25) is 15.9 Å². The SMILES string of the molecule is CCS(=O)(=O)N(C)CCCNC(=NC)NCc1coc(-c2ccccc2)n1. The number of nitrogens with zero attached hydrogens (tertiary/aromatic N) is 3. The lowest BCUT2D eigenvalue weighted by Gasteiger charge is -2.16. The van der Waals surface area contributed by atoms with Gasteiger partial charge in [-0.1, -0.05) is 18.2 Å². The average Bonchev–Trinajstić information content (AvgIpc) is 3.17. The van der Waals surface area contributed by atoms with Crippen LogP contribution in [-0.4, -0.2) is 56.6 Å². The van der Waals surface area contributed by atoms with Gasteiger partial charge in [0.05, 0.1) is 18.0 Å². The number of nitrogens with one attached hydrogen (secondary N) is 2. The molecule has 0 radical (unpaired) electrons. The van der Waals surface area contributed by atoms with Crippen molar-refractivity contribution in [2.45, 2.75) is 19.9 Å². The maximum Gasteiger partial charge on any atom is 0.226 e. The van der Waals surface area contributed by atoms with E-state index >= 15 is 0 Å². The second kappa shape index (κ2) is 10.1. The van der Waals surface area contributed by atoms with E-state index in [1.807, 2.05) is 30.3 Å². The predicted octanol–water partition coefficient (Wildman–Crippen LogP) is 1.68. The summed E-state index contributed by atoms with van der Waals surface area (Å²) >= 11 is 0. The van der Waals surface area contributed by atoms with Crippen LogP contribution in [0, 0.1) is 0 Å². The first-order chi connectivity index (χ1) is 13.0. The number of oxazole rings is 1. The van der Waals surface area contributed by atoms with Crippen LogP contribution in [0.2, 0.25) is 0 Å². The van der Waals surface area contributed by atoms with Crippen LogP contribution in [0.3, 0.4) is 0 Å². The summed E-state index contributed by atoms with van der Waals surface area (Å²) in [6.07, 6.45) is 2.30. The number of benzene rings is 1. The quantitative estimate of drug-likeness (QED) is 0.382. The molecule has 2 aromatic rings. The van der Waals surface area contributed by atoms with E-state index in [2.05, 4.69) is 20.6 Å². The Hall–Kier alpha value is -2.39. The monoisotopic (exact) mass is 393 g/mol. The Balaban J connectivity index is 1.75. The molecule has 0 spiro atoms. The van der Waals surface area contributed by atoms with Crippen LogP contribution in [-0.2, 0) is 16.6 Å². The molecular weight excluding hydrogens is 366 g/mol. The van der Waals surface area contributed by atoms with Crippen LogP contribution in [0.1, 0.15) is 19.0 Å². The maximum absolute atomic E-state index is 11.7. The molecule has 1 aromatic carbocycles. The third-order valence-corrected chi connectivity index (χ3v) is 5.88. The number of rotatable bonds is 9. The molecule has 148 valence electrons. The summed E-state index contributed by atoms with van der Waals surface area (Å²) in [5.74, 6) is 1.32. The number of hydrogen-bond acceptors (Lipinski definition) is 5. The second-order valence-electron chi connectivity index (χ2n) is 5.94. The third kappa shape index (κ3) is 6.37. The minimum absolute atomic E-state index is 0.114. The minimum atomic E-state index is -3.13. The van der Waals surface area contributed by atoms with Crippen LogP contribution in [0.5, 0.6) is 0 Å². The zero-order valence-electron chi connectivity index (χ0n) is 16.0. The van der Waals surface area contributed by atoms with E-state index in [1.54, 1.807) is 27.3 Å². The molecule has 9 heteroatoms. The molecule has 2 N–H and O–H groups in total. The van der Waals surface area contributed by atoms with Gasteiger partial charge in [-0.2, -0.15) is 0 Å². The smallest absolute Gasteiger partial charge is 0.226 e. The predicted molar refractivity (Wildman–Crippen MR) is 107 cm³/mol. The number of sulfonamides is 1. The Morgan fingerprint density at radius 1 is 1.26 bits per heavy atom. The summed E-state index contributed by atoms with van der Waals surface area (Å²) in [7, 11) is 0.149. The van der Waals surface area contributed by atoms with Gasteiger partial charge < -0.3 is 15.1 Å². The normalized spacial score (nSPS) is 12.4. The zero-order chi connectivity index (χ0) is 19.7. The van der Waals surface area contributed by atoms with E-state index in [1.165, 1.54) is 4.31 Å². The van der Waals surface area contributed by atoms with Crippen LogP contribution >= 0.6 is 0 Å². The molecule has 0 atom stereocenters. The summed E-state index contributed by atoms with van der Waals surface area (Å²) in [5, 5.41) is 6.33. The molecule has 0 aliphatic carbocycles. The summed E-state index contributed by atoms with van der Waals surface area (Å²) < 4.78 is 30.3. The van der Waals surface area contributed by atoms with Gasteiger partial charge in [-0.25, -0.2) is 17.7 Å². The first-order valence-corrected chi connectivity index (χ1v) is 10.5. The second-order valence-corrected chi connectivity index (χ2v) is 8.30. The topological polar surface area (TPSA) is 99.8 Å². The first kappa shape index (κ1) is 20.9. The van der Waals surface area contributed by atoms with Crippen LogP contribution in [0.15, 0.2) is 46.0 Å². The van der Waals surface area contributed by atoms with Gasteiger partial charge in [0.25, 0.3) is 0 Å². The zero-order valence-corrected chi connectivity index (χ0v) is 16.8. The highest BCUT2D eigenvalue weighted by atomic mass is 32.2. The van der Waals surface area contributed by atoms with Crippen LogP contribution in [0.25, 0.3) is 11.5 Å². The lowest BCUT2D eigenvalue weighted by Crippen LogP contribution is -2.38. The molecule has 8 nitrogen and oxygen atoms in total. The van der Waals surface area contributed by atoms with Gasteiger partial charge >= 0.3 is 0 Å². The minimum Gasteiger partial charge on any atom is -0.444 e. The average molecular weight is 394 g/mol. The lowest BCUT2D eigenvalue weighted by molar-refractivity contribution is 0.461. The molecule has 0 bridgehead atoms. The van der Waals surface area contributed by atoms with Crippen molar-refractivity contribution in [2.75, 3.05) is 32.9 Å². The maximum atomic E-state index is 11.7. The molecule has 0 amide bonds. The van der Waals surface area contributed by atoms with Crippen molar-refractivity contribution in [3.8, 4) is 11.5 Å². The summed E-state index contributed by atoms with van der Waals surface area (Å²) in [4.78, 5) is 8.61. The van der Waals surface area contributed by atoms with Gasteiger partial charge in [-0.15, -0.1) is 0 Å². The molecule has 0 aliphatic rings. The van der Waals surface area contributed by atoms with Crippen molar-refractivity contribution in [1.29, 1.82) is 0 Å². The molecule has 1 heterocycles. The van der Waals surface area contributed by atoms with Gasteiger partial charge in [0.15, 0.2) is 5.96 Å². The molecular formula is C18H27N5O3S. The fraction of sp³-hybridized carbons (Fsp3) is 0.444. The van der Waals surface area contributed by atoms with Crippen molar-refractivity contribution >= 4 is 16.0 Å². The number of aromatic nitrogens is 1. The van der Waals surface area contributed by atoms with E-state index in [-0.39, 0.29) is 5.75 Å². The van der Waals surface area contributed by atoms with Gasteiger partial charge in [0.1, 0.15) is 6.26 Å². The third-order valence-electron chi connectivity index (χ3n) is 4.01. The number of guanidine groups is 1. The van der Waals surface area contributed by atoms with Crippen LogP contribution < -0.4 is 10.6 Å². The highest BCUT2D eigenvalue weighted by molar-refractivity contribution is 7.89. The van der Waals surface area contributed by atoms with Crippen molar-refractivity contribution in [3.63, 3.8) is 0 Å². The number of aliphatic imine (C=N–C) groups is 1. The molecule has 0 saturated carbocycles. The Labute approximate surface area is 160 Å². The summed E-state index contributed by atoms with van der Waals surface area (Å²) in [5.41, 5.74) is 1.70. The molecule has 2 rings (SSSR count). The summed E-state index contributed by atoms with van der Waals surface area (Å²) in [6, 6.07) is 9.71. The van der Waals surface area contributed by atoms with Crippen molar-refractivity contribution in [1.82, 2.24) is 19.9 Å². The van der Waals surface area contributed by atoms with E-state index in [9.17, 15) is 8.42 Å². The van der Waals surface area contributed by atoms with Gasteiger partial charge in [-0.05, 0) is 25.5 Å². The molecule has 0 aliphatic heterocycles. The fourth-order valence-electron chi connectivity index (χ4n) is 2.36. The highest BCUT2D eigenvalue weighted by Crippen LogP contribution is 2.17. The lowest BCUT2D eigenvalue weighted by atomic mass is 10.2.